The highest BCUT2D eigenvalue weighted by atomic mass is 16.7. The molecule has 0 aromatic rings. The maximum atomic E-state index is 12.5. The largest absolute Gasteiger partial charge is 0.454 e. The van der Waals surface area contributed by atoms with Gasteiger partial charge in [-0.3, -0.25) is 19.2 Å². The van der Waals surface area contributed by atoms with Gasteiger partial charge in [-0.15, -0.1) is 6.42 Å². The summed E-state index contributed by atoms with van der Waals surface area (Å²) in [7, 11) is 0. The predicted molar refractivity (Wildman–Crippen MR) is 113 cm³/mol. The Morgan fingerprint density at radius 3 is 1.34 bits per heavy atom. The van der Waals surface area contributed by atoms with Crippen LogP contribution in [0.3, 0.4) is 0 Å². The van der Waals surface area contributed by atoms with Crippen molar-refractivity contribution in [2.24, 2.45) is 23.7 Å². The van der Waals surface area contributed by atoms with Crippen LogP contribution < -0.4 is 0 Å². The Hall–Kier alpha value is -2.60. The van der Waals surface area contributed by atoms with E-state index in [1.807, 2.05) is 0 Å². The molecule has 0 bridgehead atoms. The lowest BCUT2D eigenvalue weighted by Gasteiger charge is -2.43. The molecular weight excluding hydrogens is 420 g/mol. The zero-order chi connectivity index (χ0) is 24.7. The molecule has 0 saturated carbocycles. The fraction of sp³-hybridized carbons (Fsp3) is 0.739. The first-order valence-electron chi connectivity index (χ1n) is 10.7. The molecule has 1 saturated heterocycles. The molecule has 1 fully saturated rings. The maximum Gasteiger partial charge on any atom is 0.310 e. The van der Waals surface area contributed by atoms with Gasteiger partial charge in [0.05, 0.1) is 23.7 Å². The molecule has 0 radical (unpaired) electrons. The zero-order valence-corrected chi connectivity index (χ0v) is 19.9. The predicted octanol–water partition coefficient (Wildman–Crippen LogP) is 2.25. The van der Waals surface area contributed by atoms with Crippen molar-refractivity contribution in [2.45, 2.75) is 86.1 Å². The van der Waals surface area contributed by atoms with E-state index in [1.165, 1.54) is 0 Å². The Balaban J connectivity index is 3.47. The molecule has 9 nitrogen and oxygen atoms in total. The topological polar surface area (TPSA) is 114 Å². The fourth-order valence-corrected chi connectivity index (χ4v) is 2.49. The van der Waals surface area contributed by atoms with Crippen molar-refractivity contribution in [1.29, 1.82) is 0 Å². The lowest BCUT2D eigenvalue weighted by molar-refractivity contribution is -0.290. The number of ether oxygens (including phenoxy) is 5. The second-order valence-electron chi connectivity index (χ2n) is 8.85. The van der Waals surface area contributed by atoms with Gasteiger partial charge in [0.25, 0.3) is 0 Å². The molecule has 0 aromatic carbocycles. The molecule has 1 aliphatic heterocycles. The second kappa shape index (κ2) is 11.9. The molecular formula is C23H34O9. The molecule has 0 aliphatic carbocycles. The third kappa shape index (κ3) is 7.23. The lowest BCUT2D eigenvalue weighted by Crippen LogP contribution is -2.62. The number of hydrogen-bond acceptors (Lipinski definition) is 9. The number of rotatable bonds is 8. The molecule has 1 rings (SSSR count). The van der Waals surface area contributed by atoms with Gasteiger partial charge in [0.15, 0.2) is 18.3 Å². The Bertz CT molecular complexity index is 732. The van der Waals surface area contributed by atoms with Gasteiger partial charge in [0.1, 0.15) is 0 Å². The van der Waals surface area contributed by atoms with Crippen molar-refractivity contribution in [3.05, 3.63) is 0 Å². The summed E-state index contributed by atoms with van der Waals surface area (Å²) >= 11 is 0. The minimum absolute atomic E-state index is 0.511. The summed E-state index contributed by atoms with van der Waals surface area (Å²) in [6, 6.07) is 0. The molecule has 180 valence electrons. The van der Waals surface area contributed by atoms with Crippen LogP contribution in [0.1, 0.15) is 55.4 Å². The molecule has 5 atom stereocenters. The molecule has 0 aromatic heterocycles. The number of terminal acetylenes is 1. The SMILES string of the molecule is C#CC1OC(OC(=O)C(C)C)[C@@H](OC(=O)C(C)C)[C@H](OC(=O)C(C)C)[C@@H]1OC(=O)C(C)C. The van der Waals surface area contributed by atoms with Crippen molar-refractivity contribution < 1.29 is 42.9 Å². The van der Waals surface area contributed by atoms with Crippen LogP contribution in [0.2, 0.25) is 0 Å². The number of esters is 4. The molecule has 0 N–H and O–H groups in total. The van der Waals surface area contributed by atoms with E-state index in [1.54, 1.807) is 55.4 Å². The van der Waals surface area contributed by atoms with Gasteiger partial charge < -0.3 is 23.7 Å². The third-order valence-corrected chi connectivity index (χ3v) is 4.53. The van der Waals surface area contributed by atoms with E-state index in [2.05, 4.69) is 5.92 Å². The van der Waals surface area contributed by atoms with Gasteiger partial charge in [0, 0.05) is 0 Å². The summed E-state index contributed by atoms with van der Waals surface area (Å²) < 4.78 is 27.7. The van der Waals surface area contributed by atoms with E-state index < -0.39 is 78.3 Å². The highest BCUT2D eigenvalue weighted by Gasteiger charge is 2.54. The molecule has 1 heterocycles. The van der Waals surface area contributed by atoms with Crippen LogP contribution in [0, 0.1) is 36.0 Å². The number of carbonyl (C=O) groups excluding carboxylic acids is 4. The minimum Gasteiger partial charge on any atom is -0.454 e. The molecule has 0 amide bonds. The van der Waals surface area contributed by atoms with Crippen molar-refractivity contribution >= 4 is 23.9 Å². The molecule has 1 aliphatic rings. The Morgan fingerprint density at radius 1 is 0.625 bits per heavy atom. The fourth-order valence-electron chi connectivity index (χ4n) is 2.49. The molecule has 0 spiro atoms. The Labute approximate surface area is 189 Å². The average Bonchev–Trinajstić information content (AvgIpc) is 2.70. The average molecular weight is 455 g/mol. The normalized spacial score (nSPS) is 25.4. The van der Waals surface area contributed by atoms with Crippen LogP contribution in [0.15, 0.2) is 0 Å². The molecule has 2 unspecified atom stereocenters. The monoisotopic (exact) mass is 454 g/mol. The van der Waals surface area contributed by atoms with E-state index in [-0.39, 0.29) is 0 Å². The molecule has 9 heteroatoms. The van der Waals surface area contributed by atoms with Crippen LogP contribution in [0.5, 0.6) is 0 Å². The van der Waals surface area contributed by atoms with E-state index in [0.717, 1.165) is 0 Å². The molecule has 32 heavy (non-hydrogen) atoms. The van der Waals surface area contributed by atoms with Gasteiger partial charge in [0.2, 0.25) is 12.4 Å². The van der Waals surface area contributed by atoms with Crippen LogP contribution in [-0.4, -0.2) is 54.6 Å². The van der Waals surface area contributed by atoms with Gasteiger partial charge in [-0.1, -0.05) is 61.3 Å². The number of carbonyl (C=O) groups is 4. The van der Waals surface area contributed by atoms with Crippen molar-refractivity contribution in [3.8, 4) is 12.3 Å². The van der Waals surface area contributed by atoms with Crippen LogP contribution in [0.4, 0.5) is 0 Å². The van der Waals surface area contributed by atoms with E-state index >= 15 is 0 Å². The van der Waals surface area contributed by atoms with Crippen molar-refractivity contribution in [2.75, 3.05) is 0 Å². The minimum atomic E-state index is -1.47. The summed E-state index contributed by atoms with van der Waals surface area (Å²) in [5, 5.41) is 0. The standard InChI is InChI=1S/C23H34O9/c1-10-15-16(29-19(24)11(2)3)17(30-20(25)12(4)5)18(31-21(26)13(6)7)23(28-15)32-22(27)14(8)9/h1,11-18,23H,2-9H3/t15?,16-,17-,18+,23?/m1/s1. The van der Waals surface area contributed by atoms with Gasteiger partial charge in [-0.2, -0.15) is 0 Å². The first-order chi connectivity index (χ1) is 14.8. The summed E-state index contributed by atoms with van der Waals surface area (Å²) in [5.74, 6) is -2.31. The Morgan fingerprint density at radius 2 is 0.969 bits per heavy atom. The van der Waals surface area contributed by atoms with Gasteiger partial charge in [-0.25, -0.2) is 0 Å². The highest BCUT2D eigenvalue weighted by Crippen LogP contribution is 2.31. The van der Waals surface area contributed by atoms with E-state index in [0.29, 0.717) is 0 Å². The number of hydrogen-bond donors (Lipinski definition) is 0. The quantitative estimate of drug-likeness (QED) is 0.309. The smallest absolute Gasteiger partial charge is 0.310 e. The van der Waals surface area contributed by atoms with E-state index in [9.17, 15) is 19.2 Å². The van der Waals surface area contributed by atoms with Crippen molar-refractivity contribution in [3.63, 3.8) is 0 Å². The maximum absolute atomic E-state index is 12.5. The summed E-state index contributed by atoms with van der Waals surface area (Å²) in [5.41, 5.74) is 0. The summed E-state index contributed by atoms with van der Waals surface area (Å²) in [6.07, 6.45) is -1.13. The van der Waals surface area contributed by atoms with E-state index in [4.69, 9.17) is 30.1 Å². The zero-order valence-electron chi connectivity index (χ0n) is 19.9. The third-order valence-electron chi connectivity index (χ3n) is 4.53. The Kier molecular flexibility index (Phi) is 10.2. The van der Waals surface area contributed by atoms with Crippen LogP contribution >= 0.6 is 0 Å². The van der Waals surface area contributed by atoms with Crippen LogP contribution in [-0.2, 0) is 42.9 Å². The first-order valence-corrected chi connectivity index (χ1v) is 10.7. The summed E-state index contributed by atoms with van der Waals surface area (Å²) in [6.45, 7) is 12.9. The highest BCUT2D eigenvalue weighted by molar-refractivity contribution is 5.74. The van der Waals surface area contributed by atoms with Gasteiger partial charge in [-0.05, 0) is 0 Å². The van der Waals surface area contributed by atoms with Crippen LogP contribution in [0.25, 0.3) is 0 Å². The van der Waals surface area contributed by atoms with Crippen molar-refractivity contribution in [1.82, 2.24) is 0 Å². The summed E-state index contributed by atoms with van der Waals surface area (Å²) in [4.78, 5) is 49.5. The second-order valence-corrected chi connectivity index (χ2v) is 8.85. The van der Waals surface area contributed by atoms with Gasteiger partial charge >= 0.3 is 23.9 Å². The lowest BCUT2D eigenvalue weighted by atomic mass is 9.97. The first kappa shape index (κ1) is 27.4.